The average molecular weight is 266 g/mol. The molecule has 0 aliphatic carbocycles. The van der Waals surface area contributed by atoms with Crippen LogP contribution in [0.15, 0.2) is 16.5 Å². The van der Waals surface area contributed by atoms with Gasteiger partial charge in [-0.3, -0.25) is 4.79 Å². The molecule has 1 aromatic rings. The van der Waals surface area contributed by atoms with E-state index in [1.54, 1.807) is 16.8 Å². The van der Waals surface area contributed by atoms with E-state index in [1.807, 2.05) is 19.1 Å². The third kappa shape index (κ3) is 2.72. The van der Waals surface area contributed by atoms with Gasteiger partial charge in [-0.15, -0.1) is 0 Å². The van der Waals surface area contributed by atoms with Crippen molar-refractivity contribution in [2.24, 2.45) is 0 Å². The molecule has 1 aromatic heterocycles. The van der Waals surface area contributed by atoms with E-state index in [0.717, 1.165) is 11.5 Å². The number of nitrogens with zero attached hydrogens (tertiary/aromatic N) is 2. The van der Waals surface area contributed by atoms with Gasteiger partial charge in [-0.25, -0.2) is 4.79 Å². The second-order valence-electron chi connectivity index (χ2n) is 4.63. The first-order valence-corrected chi connectivity index (χ1v) is 6.18. The lowest BCUT2D eigenvalue weighted by atomic mass is 10.2. The number of hydrogen-bond acceptors (Lipinski definition) is 4. The molecule has 0 spiro atoms. The van der Waals surface area contributed by atoms with Crippen molar-refractivity contribution in [2.45, 2.75) is 19.4 Å². The van der Waals surface area contributed by atoms with Crippen LogP contribution in [0.3, 0.4) is 0 Å². The Kier molecular flexibility index (Phi) is 3.78. The normalized spacial score (nSPS) is 19.1. The summed E-state index contributed by atoms with van der Waals surface area (Å²) in [6, 6.07) is 3.57. The number of methoxy groups -OCH3 is 1. The van der Waals surface area contributed by atoms with Gasteiger partial charge in [0.2, 0.25) is 0 Å². The van der Waals surface area contributed by atoms with Crippen LogP contribution < -0.4 is 0 Å². The molecule has 1 fully saturated rings. The molecule has 1 aliphatic heterocycles. The standard InChI is InChI=1S/C13H18N2O4/c1-9-4-5-11(19-9)10-8-15(13(17)14(10)2)7-6-12(16)18-3/h4-5,10H,6-8H2,1-3H3. The number of ether oxygens (including phenoxy) is 1. The maximum absolute atomic E-state index is 12.1. The highest BCUT2D eigenvalue weighted by molar-refractivity contribution is 5.78. The number of carbonyl (C=O) groups excluding carboxylic acids is 2. The van der Waals surface area contributed by atoms with Crippen LogP contribution in [0.1, 0.15) is 24.0 Å². The molecule has 0 saturated carbocycles. The largest absolute Gasteiger partial charge is 0.469 e. The molecule has 19 heavy (non-hydrogen) atoms. The summed E-state index contributed by atoms with van der Waals surface area (Å²) in [6.07, 6.45) is 0.208. The second-order valence-corrected chi connectivity index (χ2v) is 4.63. The number of rotatable bonds is 4. The number of likely N-dealkylation sites (N-methyl/N-ethyl adjacent to an activating group) is 1. The summed E-state index contributed by atoms with van der Waals surface area (Å²) in [7, 11) is 3.08. The van der Waals surface area contributed by atoms with E-state index in [2.05, 4.69) is 4.74 Å². The van der Waals surface area contributed by atoms with E-state index in [4.69, 9.17) is 4.42 Å². The highest BCUT2D eigenvalue weighted by Gasteiger charge is 2.37. The van der Waals surface area contributed by atoms with Crippen LogP contribution in [0.25, 0.3) is 0 Å². The highest BCUT2D eigenvalue weighted by Crippen LogP contribution is 2.29. The first-order valence-electron chi connectivity index (χ1n) is 6.18. The fourth-order valence-electron chi connectivity index (χ4n) is 2.19. The molecule has 1 atom stereocenters. The van der Waals surface area contributed by atoms with E-state index in [-0.39, 0.29) is 24.5 Å². The van der Waals surface area contributed by atoms with Crippen molar-refractivity contribution in [1.29, 1.82) is 0 Å². The minimum absolute atomic E-state index is 0.0945. The Morgan fingerprint density at radius 3 is 2.84 bits per heavy atom. The summed E-state index contributed by atoms with van der Waals surface area (Å²) in [5.41, 5.74) is 0. The zero-order valence-electron chi connectivity index (χ0n) is 11.4. The van der Waals surface area contributed by atoms with Crippen molar-refractivity contribution >= 4 is 12.0 Å². The van der Waals surface area contributed by atoms with Gasteiger partial charge in [-0.1, -0.05) is 0 Å². The van der Waals surface area contributed by atoms with E-state index in [0.29, 0.717) is 13.1 Å². The second kappa shape index (κ2) is 5.34. The maximum atomic E-state index is 12.1. The molecular formula is C13H18N2O4. The lowest BCUT2D eigenvalue weighted by molar-refractivity contribution is -0.140. The van der Waals surface area contributed by atoms with Gasteiger partial charge in [0.05, 0.1) is 20.1 Å². The fraction of sp³-hybridized carbons (Fsp3) is 0.538. The lowest BCUT2D eigenvalue weighted by Gasteiger charge is -2.15. The van der Waals surface area contributed by atoms with Crippen LogP contribution in [0, 0.1) is 6.92 Å². The first-order chi connectivity index (χ1) is 9.02. The Morgan fingerprint density at radius 2 is 2.26 bits per heavy atom. The van der Waals surface area contributed by atoms with Gasteiger partial charge >= 0.3 is 12.0 Å². The van der Waals surface area contributed by atoms with Crippen LogP contribution >= 0.6 is 0 Å². The van der Waals surface area contributed by atoms with Crippen LogP contribution in [-0.2, 0) is 9.53 Å². The van der Waals surface area contributed by atoms with Crippen LogP contribution in [0.5, 0.6) is 0 Å². The molecule has 2 amide bonds. The van der Waals surface area contributed by atoms with Crippen LogP contribution in [0.2, 0.25) is 0 Å². The highest BCUT2D eigenvalue weighted by atomic mass is 16.5. The van der Waals surface area contributed by atoms with Crippen molar-refractivity contribution in [2.75, 3.05) is 27.2 Å². The molecule has 6 heteroatoms. The van der Waals surface area contributed by atoms with Gasteiger partial charge in [-0.05, 0) is 19.1 Å². The number of hydrogen-bond donors (Lipinski definition) is 0. The average Bonchev–Trinajstić information content (AvgIpc) is 2.93. The Morgan fingerprint density at radius 1 is 1.53 bits per heavy atom. The van der Waals surface area contributed by atoms with Gasteiger partial charge < -0.3 is 19.0 Å². The SMILES string of the molecule is COC(=O)CCN1CC(c2ccc(C)o2)N(C)C1=O. The number of amides is 2. The van der Waals surface area contributed by atoms with E-state index in [9.17, 15) is 9.59 Å². The maximum Gasteiger partial charge on any atom is 0.320 e. The van der Waals surface area contributed by atoms with Gasteiger partial charge in [0.25, 0.3) is 0 Å². The fourth-order valence-corrected chi connectivity index (χ4v) is 2.19. The molecule has 2 heterocycles. The minimum Gasteiger partial charge on any atom is -0.469 e. The van der Waals surface area contributed by atoms with Crippen LogP contribution in [0.4, 0.5) is 4.79 Å². The third-order valence-corrected chi connectivity index (χ3v) is 3.34. The summed E-state index contributed by atoms with van der Waals surface area (Å²) in [5.74, 6) is 1.28. The Bertz CT molecular complexity index is 483. The Balaban J connectivity index is 2.02. The molecule has 6 nitrogen and oxygen atoms in total. The van der Waals surface area contributed by atoms with E-state index >= 15 is 0 Å². The number of urea groups is 1. The lowest BCUT2D eigenvalue weighted by Crippen LogP contribution is -2.31. The molecule has 0 radical (unpaired) electrons. The summed E-state index contributed by atoms with van der Waals surface area (Å²) in [4.78, 5) is 26.4. The molecule has 0 aromatic carbocycles. The first kappa shape index (κ1) is 13.5. The summed E-state index contributed by atoms with van der Waals surface area (Å²) >= 11 is 0. The predicted octanol–water partition coefficient (Wildman–Crippen LogP) is 1.56. The minimum atomic E-state index is -0.312. The smallest absolute Gasteiger partial charge is 0.320 e. The van der Waals surface area contributed by atoms with Gasteiger partial charge in [0.15, 0.2) is 0 Å². The number of esters is 1. The Hall–Kier alpha value is -1.98. The van der Waals surface area contributed by atoms with E-state index in [1.165, 1.54) is 7.11 Å². The summed E-state index contributed by atoms with van der Waals surface area (Å²) < 4.78 is 10.1. The van der Waals surface area contributed by atoms with Crippen molar-refractivity contribution in [3.63, 3.8) is 0 Å². The summed E-state index contributed by atoms with van der Waals surface area (Å²) in [5, 5.41) is 0. The summed E-state index contributed by atoms with van der Waals surface area (Å²) in [6.45, 7) is 2.76. The van der Waals surface area contributed by atoms with Gasteiger partial charge in [0.1, 0.15) is 17.6 Å². The molecule has 0 bridgehead atoms. The van der Waals surface area contributed by atoms with E-state index < -0.39 is 0 Å². The molecule has 1 unspecified atom stereocenters. The van der Waals surface area contributed by atoms with Crippen molar-refractivity contribution in [3.8, 4) is 0 Å². The quantitative estimate of drug-likeness (QED) is 0.776. The number of aryl methyl sites for hydroxylation is 1. The monoisotopic (exact) mass is 266 g/mol. The molecule has 0 N–H and O–H groups in total. The third-order valence-electron chi connectivity index (χ3n) is 3.34. The zero-order chi connectivity index (χ0) is 14.0. The van der Waals surface area contributed by atoms with Crippen LogP contribution in [-0.4, -0.2) is 49.0 Å². The zero-order valence-corrected chi connectivity index (χ0v) is 11.4. The molecule has 1 aliphatic rings. The Labute approximate surface area is 111 Å². The van der Waals surface area contributed by atoms with Gasteiger partial charge in [-0.2, -0.15) is 0 Å². The van der Waals surface area contributed by atoms with Crippen molar-refractivity contribution in [1.82, 2.24) is 9.80 Å². The number of furan rings is 1. The number of carbonyl (C=O) groups is 2. The van der Waals surface area contributed by atoms with Crippen molar-refractivity contribution in [3.05, 3.63) is 23.7 Å². The molecule has 104 valence electrons. The molecule has 2 rings (SSSR count). The molecule has 1 saturated heterocycles. The van der Waals surface area contributed by atoms with Gasteiger partial charge in [0, 0.05) is 13.6 Å². The van der Waals surface area contributed by atoms with Crippen molar-refractivity contribution < 1.29 is 18.7 Å². The topological polar surface area (TPSA) is 63.0 Å². The predicted molar refractivity (Wildman–Crippen MR) is 67.6 cm³/mol. The molecular weight excluding hydrogens is 248 g/mol.